The second-order valence-electron chi connectivity index (χ2n) is 3.59. The number of phenolic OH excluding ortho intramolecular Hbond substituents is 2. The van der Waals surface area contributed by atoms with Crippen molar-refractivity contribution in [2.24, 2.45) is 0 Å². The Kier molecular flexibility index (Phi) is 2.70. The topological polar surface area (TPSA) is 77.8 Å². The Hall–Kier alpha value is -2.49. The maximum atomic E-state index is 10.8. The molecule has 0 aromatic heterocycles. The highest BCUT2D eigenvalue weighted by atomic mass is 16.4. The molecule has 4 heteroatoms. The predicted octanol–water partition coefficient (Wildman–Crippen LogP) is 2.46. The van der Waals surface area contributed by atoms with E-state index >= 15 is 0 Å². The second-order valence-corrected chi connectivity index (χ2v) is 3.59. The van der Waals surface area contributed by atoms with E-state index < -0.39 is 5.97 Å². The molecule has 0 heterocycles. The van der Waals surface area contributed by atoms with Gasteiger partial charge < -0.3 is 15.3 Å². The lowest BCUT2D eigenvalue weighted by Crippen LogP contribution is -1.95. The Morgan fingerprint density at radius 1 is 1.00 bits per heavy atom. The zero-order valence-corrected chi connectivity index (χ0v) is 8.79. The molecule has 0 saturated heterocycles. The molecule has 2 aromatic carbocycles. The van der Waals surface area contributed by atoms with E-state index in [2.05, 4.69) is 0 Å². The number of benzene rings is 2. The first-order chi connectivity index (χ1) is 8.08. The molecule has 0 unspecified atom stereocenters. The normalized spacial score (nSPS) is 10.1. The van der Waals surface area contributed by atoms with Gasteiger partial charge in [0.05, 0.1) is 5.56 Å². The van der Waals surface area contributed by atoms with Gasteiger partial charge in [0.1, 0.15) is 11.5 Å². The first-order valence-electron chi connectivity index (χ1n) is 4.93. The van der Waals surface area contributed by atoms with Crippen LogP contribution in [0.25, 0.3) is 11.1 Å². The summed E-state index contributed by atoms with van der Waals surface area (Å²) in [4.78, 5) is 10.8. The highest BCUT2D eigenvalue weighted by Gasteiger charge is 2.08. The third kappa shape index (κ3) is 2.20. The van der Waals surface area contributed by atoms with Crippen LogP contribution in [-0.2, 0) is 0 Å². The summed E-state index contributed by atoms with van der Waals surface area (Å²) in [6.07, 6.45) is 0. The molecule has 86 valence electrons. The number of aromatic carboxylic acids is 1. The fourth-order valence-corrected chi connectivity index (χ4v) is 1.58. The van der Waals surface area contributed by atoms with Crippen LogP contribution < -0.4 is 0 Å². The van der Waals surface area contributed by atoms with E-state index in [0.717, 1.165) is 0 Å². The van der Waals surface area contributed by atoms with E-state index in [1.807, 2.05) is 0 Å². The van der Waals surface area contributed by atoms with Gasteiger partial charge in [0.25, 0.3) is 0 Å². The maximum Gasteiger partial charge on any atom is 0.335 e. The molecule has 0 amide bonds. The van der Waals surface area contributed by atoms with Crippen molar-refractivity contribution in [2.75, 3.05) is 0 Å². The van der Waals surface area contributed by atoms with Crippen molar-refractivity contribution in [3.63, 3.8) is 0 Å². The molecule has 0 bridgehead atoms. The molecule has 3 N–H and O–H groups in total. The van der Waals surface area contributed by atoms with Gasteiger partial charge in [0.2, 0.25) is 0 Å². The molecule has 2 aromatic rings. The van der Waals surface area contributed by atoms with Gasteiger partial charge >= 0.3 is 5.97 Å². The van der Waals surface area contributed by atoms with E-state index in [1.165, 1.54) is 30.3 Å². The Morgan fingerprint density at radius 2 is 1.76 bits per heavy atom. The number of carbonyl (C=O) groups is 1. The van der Waals surface area contributed by atoms with Crippen LogP contribution in [0.15, 0.2) is 42.5 Å². The van der Waals surface area contributed by atoms with E-state index in [-0.39, 0.29) is 17.1 Å². The van der Waals surface area contributed by atoms with Crippen molar-refractivity contribution in [2.45, 2.75) is 0 Å². The number of carboxylic acid groups (broad SMARTS) is 1. The van der Waals surface area contributed by atoms with Crippen LogP contribution in [0.5, 0.6) is 11.5 Å². The van der Waals surface area contributed by atoms with Crippen LogP contribution in [0.1, 0.15) is 10.4 Å². The van der Waals surface area contributed by atoms with Gasteiger partial charge in [-0.15, -0.1) is 0 Å². The lowest BCUT2D eigenvalue weighted by atomic mass is 10.0. The van der Waals surface area contributed by atoms with Crippen LogP contribution in [0.4, 0.5) is 0 Å². The number of rotatable bonds is 2. The monoisotopic (exact) mass is 230 g/mol. The number of aromatic hydroxyl groups is 2. The minimum absolute atomic E-state index is 0.00895. The van der Waals surface area contributed by atoms with Crippen molar-refractivity contribution < 1.29 is 20.1 Å². The lowest BCUT2D eigenvalue weighted by molar-refractivity contribution is 0.0697. The van der Waals surface area contributed by atoms with Gasteiger partial charge in [-0.05, 0) is 35.9 Å². The van der Waals surface area contributed by atoms with Gasteiger partial charge in [0.15, 0.2) is 0 Å². The third-order valence-electron chi connectivity index (χ3n) is 2.40. The predicted molar refractivity (Wildman–Crippen MR) is 62.2 cm³/mol. The summed E-state index contributed by atoms with van der Waals surface area (Å²) < 4.78 is 0. The van der Waals surface area contributed by atoms with Crippen molar-refractivity contribution in [3.05, 3.63) is 48.0 Å². The standard InChI is InChI=1S/C13H10O4/c14-10-4-5-12(15)11(7-10)8-2-1-3-9(6-8)13(16)17/h1-7,14-15H,(H,16,17). The molecule has 0 spiro atoms. The van der Waals surface area contributed by atoms with E-state index in [0.29, 0.717) is 11.1 Å². The van der Waals surface area contributed by atoms with Crippen LogP contribution in [-0.4, -0.2) is 21.3 Å². The largest absolute Gasteiger partial charge is 0.508 e. The molecule has 0 aliphatic heterocycles. The van der Waals surface area contributed by atoms with Gasteiger partial charge in [0, 0.05) is 5.56 Å². The van der Waals surface area contributed by atoms with Crippen molar-refractivity contribution >= 4 is 5.97 Å². The molecular weight excluding hydrogens is 220 g/mol. The zero-order chi connectivity index (χ0) is 12.4. The first-order valence-corrected chi connectivity index (χ1v) is 4.93. The fraction of sp³-hybridized carbons (Fsp3) is 0. The quantitative estimate of drug-likeness (QED) is 0.692. The van der Waals surface area contributed by atoms with Crippen LogP contribution in [0.2, 0.25) is 0 Å². The fourth-order valence-electron chi connectivity index (χ4n) is 1.58. The molecule has 0 radical (unpaired) electrons. The van der Waals surface area contributed by atoms with Gasteiger partial charge in [-0.1, -0.05) is 12.1 Å². The Morgan fingerprint density at radius 3 is 2.47 bits per heavy atom. The maximum absolute atomic E-state index is 10.8. The number of hydrogen-bond donors (Lipinski definition) is 3. The molecule has 0 aliphatic carbocycles. The molecular formula is C13H10O4. The van der Waals surface area contributed by atoms with E-state index in [4.69, 9.17) is 5.11 Å². The van der Waals surface area contributed by atoms with Crippen LogP contribution in [0.3, 0.4) is 0 Å². The van der Waals surface area contributed by atoms with Crippen molar-refractivity contribution in [1.29, 1.82) is 0 Å². The van der Waals surface area contributed by atoms with Crippen molar-refractivity contribution in [3.8, 4) is 22.6 Å². The SMILES string of the molecule is O=C(O)c1cccc(-c2cc(O)ccc2O)c1. The number of hydrogen-bond acceptors (Lipinski definition) is 3. The molecule has 17 heavy (non-hydrogen) atoms. The summed E-state index contributed by atoms with van der Waals surface area (Å²) in [6, 6.07) is 10.3. The molecule has 0 fully saturated rings. The Balaban J connectivity index is 2.56. The zero-order valence-electron chi connectivity index (χ0n) is 8.79. The Labute approximate surface area is 97.4 Å². The second kappa shape index (κ2) is 4.17. The van der Waals surface area contributed by atoms with Crippen molar-refractivity contribution in [1.82, 2.24) is 0 Å². The van der Waals surface area contributed by atoms with E-state index in [9.17, 15) is 15.0 Å². The molecule has 0 atom stereocenters. The molecule has 0 saturated carbocycles. The van der Waals surface area contributed by atoms with Gasteiger partial charge in [-0.3, -0.25) is 0 Å². The number of carboxylic acids is 1. The average Bonchev–Trinajstić information content (AvgIpc) is 2.32. The molecule has 4 nitrogen and oxygen atoms in total. The van der Waals surface area contributed by atoms with E-state index in [1.54, 1.807) is 12.1 Å². The summed E-state index contributed by atoms with van der Waals surface area (Å²) in [5.41, 5.74) is 1.07. The third-order valence-corrected chi connectivity index (χ3v) is 2.40. The first kappa shape index (κ1) is 11.0. The minimum atomic E-state index is -1.04. The van der Waals surface area contributed by atoms with Crippen LogP contribution in [0, 0.1) is 0 Å². The molecule has 0 aliphatic rings. The van der Waals surface area contributed by atoms with Gasteiger partial charge in [-0.25, -0.2) is 4.79 Å². The molecule has 2 rings (SSSR count). The summed E-state index contributed by atoms with van der Waals surface area (Å²) in [5.74, 6) is -1.03. The van der Waals surface area contributed by atoms with Crippen LogP contribution >= 0.6 is 0 Å². The summed E-state index contributed by atoms with van der Waals surface area (Å²) >= 11 is 0. The lowest BCUT2D eigenvalue weighted by Gasteiger charge is -2.06. The highest BCUT2D eigenvalue weighted by molar-refractivity contribution is 5.89. The summed E-state index contributed by atoms with van der Waals surface area (Å²) in [7, 11) is 0. The van der Waals surface area contributed by atoms with Gasteiger partial charge in [-0.2, -0.15) is 0 Å². The average molecular weight is 230 g/mol. The smallest absolute Gasteiger partial charge is 0.335 e. The highest BCUT2D eigenvalue weighted by Crippen LogP contribution is 2.32. The Bertz CT molecular complexity index is 575. The number of phenols is 2. The summed E-state index contributed by atoms with van der Waals surface area (Å²) in [5, 5.41) is 27.9. The summed E-state index contributed by atoms with van der Waals surface area (Å²) in [6.45, 7) is 0. The minimum Gasteiger partial charge on any atom is -0.508 e.